The van der Waals surface area contributed by atoms with E-state index in [-0.39, 0.29) is 0 Å². The number of aromatic nitrogens is 1. The van der Waals surface area contributed by atoms with Gasteiger partial charge in [0.25, 0.3) is 0 Å². The second-order valence-corrected chi connectivity index (χ2v) is 14.7. The van der Waals surface area contributed by atoms with Crippen molar-refractivity contribution in [2.24, 2.45) is 0 Å². The quantitative estimate of drug-likeness (QED) is 0.162. The monoisotopic (exact) mass is 727 g/mol. The second kappa shape index (κ2) is 13.6. The van der Waals surface area contributed by atoms with Gasteiger partial charge in [-0.1, -0.05) is 127 Å². The highest BCUT2D eigenvalue weighted by molar-refractivity contribution is 6.15. The molecular formula is C54H37N3. The Bertz CT molecular complexity index is 3240. The van der Waals surface area contributed by atoms with Crippen molar-refractivity contribution < 1.29 is 0 Å². The van der Waals surface area contributed by atoms with Crippen LogP contribution < -0.4 is 9.80 Å². The van der Waals surface area contributed by atoms with Crippen LogP contribution in [0.15, 0.2) is 224 Å². The zero-order chi connectivity index (χ0) is 37.7. The molecule has 0 aliphatic carbocycles. The molecule has 0 aliphatic heterocycles. The van der Waals surface area contributed by atoms with Gasteiger partial charge in [-0.2, -0.15) is 0 Å². The Balaban J connectivity index is 1.12. The third kappa shape index (κ3) is 5.76. The highest BCUT2D eigenvalue weighted by atomic mass is 15.1. The van der Waals surface area contributed by atoms with Crippen LogP contribution in [0, 0.1) is 0 Å². The molecule has 268 valence electrons. The molecule has 3 heteroatoms. The van der Waals surface area contributed by atoms with Crippen molar-refractivity contribution in [2.75, 3.05) is 9.80 Å². The van der Waals surface area contributed by atoms with Crippen LogP contribution in [0.4, 0.5) is 34.1 Å². The zero-order valence-corrected chi connectivity index (χ0v) is 31.2. The van der Waals surface area contributed by atoms with Gasteiger partial charge in [0.2, 0.25) is 0 Å². The molecule has 10 aromatic carbocycles. The molecule has 1 heterocycles. The molecule has 3 nitrogen and oxygen atoms in total. The standard InChI is InChI=1S/C54H37N3/c1-4-18-44(19-5-1)55(47-27-24-38-14-10-12-16-40(38)32-47)49-29-26-42-35-52-51-31-30-50(37-54(51)57(46-22-8-3-9-23-46)53(52)36-43(42)34-49)56(45-20-6-2-7-21-45)48-28-25-39-15-11-13-17-41(39)33-48/h1-37H. The van der Waals surface area contributed by atoms with Gasteiger partial charge in [-0.05, 0) is 129 Å². The lowest BCUT2D eigenvalue weighted by Crippen LogP contribution is -2.10. The van der Waals surface area contributed by atoms with Crippen LogP contribution in [0.3, 0.4) is 0 Å². The maximum Gasteiger partial charge on any atom is 0.0561 e. The average molecular weight is 728 g/mol. The van der Waals surface area contributed by atoms with E-state index in [0.29, 0.717) is 0 Å². The first-order valence-corrected chi connectivity index (χ1v) is 19.5. The third-order valence-electron chi connectivity index (χ3n) is 11.2. The van der Waals surface area contributed by atoms with Gasteiger partial charge in [0.15, 0.2) is 0 Å². The maximum atomic E-state index is 2.43. The first-order valence-electron chi connectivity index (χ1n) is 19.5. The topological polar surface area (TPSA) is 11.4 Å². The fourth-order valence-corrected chi connectivity index (χ4v) is 8.55. The summed E-state index contributed by atoms with van der Waals surface area (Å²) in [5.41, 5.74) is 10.2. The van der Waals surface area contributed by atoms with Crippen molar-refractivity contribution in [1.29, 1.82) is 0 Å². The number of hydrogen-bond donors (Lipinski definition) is 0. The van der Waals surface area contributed by atoms with E-state index in [1.807, 2.05) is 0 Å². The van der Waals surface area contributed by atoms with Gasteiger partial charge in [-0.25, -0.2) is 0 Å². The zero-order valence-electron chi connectivity index (χ0n) is 31.2. The Morgan fingerprint density at radius 3 is 1.21 bits per heavy atom. The number of anilines is 6. The van der Waals surface area contributed by atoms with Crippen LogP contribution in [0.1, 0.15) is 0 Å². The van der Waals surface area contributed by atoms with E-state index in [4.69, 9.17) is 0 Å². The normalized spacial score (nSPS) is 11.5. The molecule has 0 saturated carbocycles. The van der Waals surface area contributed by atoms with Crippen LogP contribution in [0.5, 0.6) is 0 Å². The molecule has 0 aliphatic rings. The van der Waals surface area contributed by atoms with E-state index in [2.05, 4.69) is 239 Å². The van der Waals surface area contributed by atoms with Gasteiger partial charge >= 0.3 is 0 Å². The Kier molecular flexibility index (Phi) is 7.82. The van der Waals surface area contributed by atoms with E-state index < -0.39 is 0 Å². The highest BCUT2D eigenvalue weighted by Gasteiger charge is 2.20. The molecule has 57 heavy (non-hydrogen) atoms. The van der Waals surface area contributed by atoms with E-state index >= 15 is 0 Å². The number of nitrogens with zero attached hydrogens (tertiary/aromatic N) is 3. The Morgan fingerprint density at radius 1 is 0.246 bits per heavy atom. The van der Waals surface area contributed by atoms with Crippen LogP contribution in [-0.2, 0) is 0 Å². The van der Waals surface area contributed by atoms with Crippen LogP contribution in [0.25, 0.3) is 59.8 Å². The van der Waals surface area contributed by atoms with Crippen LogP contribution in [0.2, 0.25) is 0 Å². The van der Waals surface area contributed by atoms with Crippen molar-refractivity contribution in [1.82, 2.24) is 4.57 Å². The SMILES string of the molecule is c1ccc(N(c2ccc3ccccc3c2)c2ccc3cc4c5ccc(N(c6ccccc6)c6ccc7ccccc7c6)cc5n(-c5ccccc5)c4cc3c2)cc1. The van der Waals surface area contributed by atoms with Crippen molar-refractivity contribution in [3.05, 3.63) is 224 Å². The van der Waals surface area contributed by atoms with Gasteiger partial charge in [-0.3, -0.25) is 0 Å². The lowest BCUT2D eigenvalue weighted by molar-refractivity contribution is 1.18. The number of benzene rings is 10. The number of rotatable bonds is 7. The Morgan fingerprint density at radius 2 is 0.649 bits per heavy atom. The van der Waals surface area contributed by atoms with Crippen LogP contribution >= 0.6 is 0 Å². The summed E-state index contributed by atoms with van der Waals surface area (Å²) < 4.78 is 2.43. The predicted molar refractivity (Wildman–Crippen MR) is 243 cm³/mol. The molecule has 0 bridgehead atoms. The highest BCUT2D eigenvalue weighted by Crippen LogP contribution is 2.43. The number of hydrogen-bond acceptors (Lipinski definition) is 2. The third-order valence-corrected chi connectivity index (χ3v) is 11.2. The largest absolute Gasteiger partial charge is 0.310 e. The first kappa shape index (κ1) is 32.8. The van der Waals surface area contributed by atoms with Crippen LogP contribution in [-0.4, -0.2) is 4.57 Å². The molecule has 0 N–H and O–H groups in total. The molecule has 0 radical (unpaired) electrons. The molecule has 0 spiro atoms. The fraction of sp³-hybridized carbons (Fsp3) is 0. The molecule has 1 aromatic heterocycles. The molecule has 0 atom stereocenters. The number of fused-ring (bicyclic) bond motifs is 6. The molecular weight excluding hydrogens is 691 g/mol. The van der Waals surface area contributed by atoms with Gasteiger partial charge in [0.1, 0.15) is 0 Å². The van der Waals surface area contributed by atoms with E-state index in [0.717, 1.165) is 45.3 Å². The summed E-state index contributed by atoms with van der Waals surface area (Å²) in [6.45, 7) is 0. The summed E-state index contributed by atoms with van der Waals surface area (Å²) >= 11 is 0. The van der Waals surface area contributed by atoms with E-state index in [1.54, 1.807) is 0 Å². The first-order chi connectivity index (χ1) is 28.2. The summed E-state index contributed by atoms with van der Waals surface area (Å²) in [6.07, 6.45) is 0. The summed E-state index contributed by atoms with van der Waals surface area (Å²) in [5.74, 6) is 0. The lowest BCUT2D eigenvalue weighted by Gasteiger charge is -2.26. The summed E-state index contributed by atoms with van der Waals surface area (Å²) in [4.78, 5) is 4.73. The minimum Gasteiger partial charge on any atom is -0.310 e. The van der Waals surface area contributed by atoms with Crippen molar-refractivity contribution in [3.63, 3.8) is 0 Å². The summed E-state index contributed by atoms with van der Waals surface area (Å²) in [6, 6.07) is 81.3. The van der Waals surface area contributed by atoms with Gasteiger partial charge in [0.05, 0.1) is 11.0 Å². The van der Waals surface area contributed by atoms with E-state index in [1.165, 1.54) is 48.6 Å². The fourth-order valence-electron chi connectivity index (χ4n) is 8.55. The molecule has 11 rings (SSSR count). The summed E-state index contributed by atoms with van der Waals surface area (Å²) in [5, 5.41) is 9.73. The molecule has 11 aromatic rings. The molecule has 0 saturated heterocycles. The Hall–Kier alpha value is -7.62. The smallest absolute Gasteiger partial charge is 0.0561 e. The number of para-hydroxylation sites is 3. The average Bonchev–Trinajstić information content (AvgIpc) is 3.59. The summed E-state index contributed by atoms with van der Waals surface area (Å²) in [7, 11) is 0. The van der Waals surface area contributed by atoms with Crippen molar-refractivity contribution in [2.45, 2.75) is 0 Å². The molecule has 0 amide bonds. The Labute approximate surface area is 331 Å². The van der Waals surface area contributed by atoms with E-state index in [9.17, 15) is 0 Å². The minimum atomic E-state index is 1.10. The van der Waals surface area contributed by atoms with Gasteiger partial charge in [0, 0.05) is 50.6 Å². The predicted octanol–water partition coefficient (Wildman–Crippen LogP) is 15.2. The lowest BCUT2D eigenvalue weighted by atomic mass is 10.0. The molecule has 0 fully saturated rings. The van der Waals surface area contributed by atoms with Gasteiger partial charge in [-0.15, -0.1) is 0 Å². The minimum absolute atomic E-state index is 1.10. The van der Waals surface area contributed by atoms with Gasteiger partial charge < -0.3 is 14.4 Å². The van der Waals surface area contributed by atoms with Crippen molar-refractivity contribution in [3.8, 4) is 5.69 Å². The second-order valence-electron chi connectivity index (χ2n) is 14.7. The maximum absolute atomic E-state index is 2.43. The van der Waals surface area contributed by atoms with Crippen molar-refractivity contribution >= 4 is 88.2 Å². The molecule has 0 unspecified atom stereocenters.